The molecule has 0 aliphatic carbocycles. The zero-order valence-electron chi connectivity index (χ0n) is 13.6. The largest absolute Gasteiger partial charge is 0.444 e. The van der Waals surface area contributed by atoms with Gasteiger partial charge in [0.2, 0.25) is 0 Å². The quantitative estimate of drug-likeness (QED) is 0.840. The molecule has 5 nitrogen and oxygen atoms in total. The van der Waals surface area contributed by atoms with E-state index in [4.69, 9.17) is 22.1 Å². The maximum atomic E-state index is 11.6. The maximum Gasteiger partial charge on any atom is 0.407 e. The second-order valence-electron chi connectivity index (χ2n) is 6.48. The first-order valence-corrected chi connectivity index (χ1v) is 7.89. The molecule has 0 fully saturated rings. The zero-order valence-corrected chi connectivity index (χ0v) is 14.4. The Labute approximate surface area is 141 Å². The predicted molar refractivity (Wildman–Crippen MR) is 92.7 cm³/mol. The number of benzene rings is 1. The summed E-state index contributed by atoms with van der Waals surface area (Å²) < 4.78 is 5.18. The van der Waals surface area contributed by atoms with E-state index in [1.807, 2.05) is 51.1 Å². The van der Waals surface area contributed by atoms with Crippen LogP contribution in [-0.4, -0.2) is 29.3 Å². The number of rotatable bonds is 4. The van der Waals surface area contributed by atoms with Crippen LogP contribution in [-0.2, 0) is 11.2 Å². The van der Waals surface area contributed by atoms with Gasteiger partial charge < -0.3 is 15.8 Å². The molecule has 1 aromatic heterocycles. The summed E-state index contributed by atoms with van der Waals surface area (Å²) in [4.78, 5) is 16.0. The minimum absolute atomic E-state index is 0.275. The Balaban J connectivity index is 1.96. The van der Waals surface area contributed by atoms with Crippen LogP contribution < -0.4 is 11.1 Å². The molecular formula is C17H22ClN3O2. The average Bonchev–Trinajstić information content (AvgIpc) is 2.44. The molecule has 0 aliphatic heterocycles. The van der Waals surface area contributed by atoms with Crippen LogP contribution in [0.15, 0.2) is 30.3 Å². The highest BCUT2D eigenvalue weighted by Gasteiger charge is 2.17. The van der Waals surface area contributed by atoms with Gasteiger partial charge in [-0.25, -0.2) is 9.78 Å². The van der Waals surface area contributed by atoms with Gasteiger partial charge in [0.1, 0.15) is 10.8 Å². The molecule has 2 aromatic rings. The third-order valence-electron chi connectivity index (χ3n) is 3.14. The summed E-state index contributed by atoms with van der Waals surface area (Å²) in [7, 11) is 0. The third kappa shape index (κ3) is 5.37. The van der Waals surface area contributed by atoms with Crippen molar-refractivity contribution in [1.82, 2.24) is 10.3 Å². The number of aromatic nitrogens is 1. The molecule has 0 radical (unpaired) electrons. The van der Waals surface area contributed by atoms with Gasteiger partial charge in [0.05, 0.1) is 5.52 Å². The topological polar surface area (TPSA) is 77.2 Å². The molecule has 1 amide bonds. The molecule has 1 aromatic carbocycles. The molecule has 1 heterocycles. The molecular weight excluding hydrogens is 314 g/mol. The Morgan fingerprint density at radius 1 is 1.39 bits per heavy atom. The second kappa shape index (κ2) is 7.15. The van der Waals surface area contributed by atoms with Crippen molar-refractivity contribution in [3.8, 4) is 0 Å². The first-order valence-electron chi connectivity index (χ1n) is 7.51. The molecule has 3 N–H and O–H groups in total. The molecule has 1 unspecified atom stereocenters. The van der Waals surface area contributed by atoms with Crippen LogP contribution in [0.25, 0.3) is 10.9 Å². The first-order chi connectivity index (χ1) is 10.7. The lowest BCUT2D eigenvalue weighted by atomic mass is 10.1. The minimum atomic E-state index is -0.528. The van der Waals surface area contributed by atoms with E-state index in [0.29, 0.717) is 18.1 Å². The number of hydrogen-bond acceptors (Lipinski definition) is 4. The summed E-state index contributed by atoms with van der Waals surface area (Å²) in [5, 5.41) is 4.12. The Morgan fingerprint density at radius 2 is 2.09 bits per heavy atom. The van der Waals surface area contributed by atoms with Crippen molar-refractivity contribution in [3.05, 3.63) is 41.0 Å². The van der Waals surface area contributed by atoms with Gasteiger partial charge in [-0.1, -0.05) is 29.8 Å². The number of nitrogens with zero attached hydrogens (tertiary/aromatic N) is 1. The van der Waals surface area contributed by atoms with Gasteiger partial charge >= 0.3 is 6.09 Å². The Kier molecular flexibility index (Phi) is 5.44. The van der Waals surface area contributed by atoms with Gasteiger partial charge in [-0.2, -0.15) is 0 Å². The van der Waals surface area contributed by atoms with Crippen molar-refractivity contribution in [3.63, 3.8) is 0 Å². The van der Waals surface area contributed by atoms with E-state index in [-0.39, 0.29) is 6.04 Å². The number of carbonyl (C=O) groups is 1. The standard InChI is InChI=1S/C17H22ClN3O2/c1-17(2,3)23-16(22)20-10-13(19)9-12-8-11-6-4-5-7-14(11)21-15(12)18/h4-8,13H,9-10,19H2,1-3H3,(H,20,22). The molecule has 0 spiro atoms. The maximum absolute atomic E-state index is 11.6. The summed E-state index contributed by atoms with van der Waals surface area (Å²) in [5.74, 6) is 0. The number of nitrogens with two attached hydrogens (primary N) is 1. The van der Waals surface area contributed by atoms with Gasteiger partial charge in [-0.15, -0.1) is 0 Å². The monoisotopic (exact) mass is 335 g/mol. The van der Waals surface area contributed by atoms with Gasteiger partial charge in [0.25, 0.3) is 0 Å². The number of para-hydroxylation sites is 1. The van der Waals surface area contributed by atoms with Crippen molar-refractivity contribution < 1.29 is 9.53 Å². The first kappa shape index (κ1) is 17.5. The zero-order chi connectivity index (χ0) is 17.0. The summed E-state index contributed by atoms with van der Waals surface area (Å²) in [5.41, 5.74) is 7.26. The van der Waals surface area contributed by atoms with Crippen LogP contribution in [0.5, 0.6) is 0 Å². The van der Waals surface area contributed by atoms with Crippen molar-refractivity contribution in [2.24, 2.45) is 5.73 Å². The van der Waals surface area contributed by atoms with Crippen molar-refractivity contribution >= 4 is 28.6 Å². The molecule has 0 saturated heterocycles. The molecule has 0 bridgehead atoms. The summed E-state index contributed by atoms with van der Waals surface area (Å²) in [6.07, 6.45) is 0.0441. The lowest BCUT2D eigenvalue weighted by Gasteiger charge is -2.21. The van der Waals surface area contributed by atoms with E-state index < -0.39 is 11.7 Å². The summed E-state index contributed by atoms with van der Waals surface area (Å²) in [6.45, 7) is 5.74. The van der Waals surface area contributed by atoms with E-state index in [9.17, 15) is 4.79 Å². The number of ether oxygens (including phenoxy) is 1. The highest BCUT2D eigenvalue weighted by Crippen LogP contribution is 2.21. The number of alkyl carbamates (subject to hydrolysis) is 1. The number of halogens is 1. The highest BCUT2D eigenvalue weighted by molar-refractivity contribution is 6.30. The number of carbonyl (C=O) groups excluding carboxylic acids is 1. The Bertz CT molecular complexity index is 698. The fraction of sp³-hybridized carbons (Fsp3) is 0.412. The van der Waals surface area contributed by atoms with E-state index in [1.54, 1.807) is 0 Å². The van der Waals surface area contributed by atoms with E-state index in [2.05, 4.69) is 10.3 Å². The fourth-order valence-electron chi connectivity index (χ4n) is 2.16. The van der Waals surface area contributed by atoms with Crippen molar-refractivity contribution in [2.45, 2.75) is 38.8 Å². The number of nitrogens with one attached hydrogen (secondary N) is 1. The third-order valence-corrected chi connectivity index (χ3v) is 3.47. The van der Waals surface area contributed by atoms with Crippen LogP contribution in [0.4, 0.5) is 4.79 Å². The van der Waals surface area contributed by atoms with Gasteiger partial charge in [0.15, 0.2) is 0 Å². The molecule has 0 aliphatic rings. The number of pyridine rings is 1. The summed E-state index contributed by atoms with van der Waals surface area (Å²) in [6, 6.07) is 9.47. The molecule has 124 valence electrons. The molecule has 6 heteroatoms. The van der Waals surface area contributed by atoms with E-state index in [1.165, 1.54) is 0 Å². The molecule has 0 saturated carbocycles. The van der Waals surface area contributed by atoms with Gasteiger partial charge in [-0.05, 0) is 44.9 Å². The van der Waals surface area contributed by atoms with E-state index in [0.717, 1.165) is 16.5 Å². The fourth-order valence-corrected chi connectivity index (χ4v) is 2.39. The summed E-state index contributed by atoms with van der Waals surface area (Å²) >= 11 is 6.22. The molecule has 2 rings (SSSR count). The number of hydrogen-bond donors (Lipinski definition) is 2. The van der Waals surface area contributed by atoms with Crippen molar-refractivity contribution in [1.29, 1.82) is 0 Å². The number of amides is 1. The van der Waals surface area contributed by atoms with Crippen LogP contribution in [0.1, 0.15) is 26.3 Å². The van der Waals surface area contributed by atoms with E-state index >= 15 is 0 Å². The van der Waals surface area contributed by atoms with Gasteiger partial charge in [-0.3, -0.25) is 0 Å². The smallest absolute Gasteiger partial charge is 0.407 e. The highest BCUT2D eigenvalue weighted by atomic mass is 35.5. The lowest BCUT2D eigenvalue weighted by molar-refractivity contribution is 0.0524. The second-order valence-corrected chi connectivity index (χ2v) is 6.84. The Hall–Kier alpha value is -1.85. The minimum Gasteiger partial charge on any atom is -0.444 e. The van der Waals surface area contributed by atoms with Crippen LogP contribution in [0.3, 0.4) is 0 Å². The number of fused-ring (bicyclic) bond motifs is 1. The van der Waals surface area contributed by atoms with Gasteiger partial charge in [0, 0.05) is 18.0 Å². The van der Waals surface area contributed by atoms with Crippen LogP contribution >= 0.6 is 11.6 Å². The normalized spacial score (nSPS) is 12.9. The SMILES string of the molecule is CC(C)(C)OC(=O)NCC(N)Cc1cc2ccccc2nc1Cl. The predicted octanol–water partition coefficient (Wildman–Crippen LogP) is 3.28. The molecule has 23 heavy (non-hydrogen) atoms. The van der Waals surface area contributed by atoms with Crippen LogP contribution in [0, 0.1) is 0 Å². The molecule has 1 atom stereocenters. The average molecular weight is 336 g/mol. The Morgan fingerprint density at radius 3 is 2.78 bits per heavy atom. The van der Waals surface area contributed by atoms with Crippen molar-refractivity contribution in [2.75, 3.05) is 6.54 Å². The van der Waals surface area contributed by atoms with Crippen LogP contribution in [0.2, 0.25) is 5.15 Å². The lowest BCUT2D eigenvalue weighted by Crippen LogP contribution is -2.41.